The molecular weight excluding hydrogens is 246 g/mol. The van der Waals surface area contributed by atoms with Crippen LogP contribution in [0.1, 0.15) is 28.7 Å². The van der Waals surface area contributed by atoms with Gasteiger partial charge in [-0.1, -0.05) is 24.3 Å². The Morgan fingerprint density at radius 3 is 2.89 bits per heavy atom. The quantitative estimate of drug-likeness (QED) is 0.841. The van der Waals surface area contributed by atoms with Crippen LogP contribution in [0.15, 0.2) is 24.3 Å². The molecule has 0 aliphatic carbocycles. The molecule has 0 bridgehead atoms. The van der Waals surface area contributed by atoms with Crippen LogP contribution in [0.4, 0.5) is 0 Å². The van der Waals surface area contributed by atoms with Gasteiger partial charge in [-0.05, 0) is 24.1 Å². The fourth-order valence-corrected chi connectivity index (χ4v) is 1.89. The van der Waals surface area contributed by atoms with Crippen molar-refractivity contribution in [1.82, 2.24) is 15.0 Å². The van der Waals surface area contributed by atoms with Crippen molar-refractivity contribution in [1.29, 1.82) is 0 Å². The molecule has 6 heteroatoms. The van der Waals surface area contributed by atoms with E-state index in [1.54, 1.807) is 22.9 Å². The standard InChI is InChI=1S/C13H15N3O3/c1-3-11-12(13(18)19-2)14-15-16(11)8-9-5-4-6-10(17)7-9/h4-7,17H,3,8H2,1-2H3. The van der Waals surface area contributed by atoms with Crippen LogP contribution in [-0.2, 0) is 17.7 Å². The predicted octanol–water partition coefficient (Wildman–Crippen LogP) is 1.38. The molecule has 1 aromatic heterocycles. The summed E-state index contributed by atoms with van der Waals surface area (Å²) in [6.45, 7) is 2.37. The van der Waals surface area contributed by atoms with Gasteiger partial charge in [-0.25, -0.2) is 9.48 Å². The number of aromatic nitrogens is 3. The van der Waals surface area contributed by atoms with Crippen LogP contribution in [0, 0.1) is 0 Å². The second kappa shape index (κ2) is 5.51. The maximum absolute atomic E-state index is 11.5. The minimum absolute atomic E-state index is 0.198. The molecule has 0 saturated carbocycles. The summed E-state index contributed by atoms with van der Waals surface area (Å²) >= 11 is 0. The number of ether oxygens (including phenoxy) is 1. The van der Waals surface area contributed by atoms with E-state index in [0.29, 0.717) is 13.0 Å². The molecule has 2 rings (SSSR count). The second-order valence-electron chi connectivity index (χ2n) is 4.06. The minimum atomic E-state index is -0.487. The Morgan fingerprint density at radius 1 is 1.47 bits per heavy atom. The first-order valence-corrected chi connectivity index (χ1v) is 5.94. The fraction of sp³-hybridized carbons (Fsp3) is 0.308. The smallest absolute Gasteiger partial charge is 0.360 e. The average molecular weight is 261 g/mol. The van der Waals surface area contributed by atoms with E-state index in [2.05, 4.69) is 15.0 Å². The van der Waals surface area contributed by atoms with E-state index in [0.717, 1.165) is 11.3 Å². The average Bonchev–Trinajstić information content (AvgIpc) is 2.80. The second-order valence-corrected chi connectivity index (χ2v) is 4.06. The third-order valence-electron chi connectivity index (χ3n) is 2.79. The molecule has 0 amide bonds. The van der Waals surface area contributed by atoms with Gasteiger partial charge in [0.2, 0.25) is 0 Å². The summed E-state index contributed by atoms with van der Waals surface area (Å²) in [6, 6.07) is 6.89. The molecule has 0 saturated heterocycles. The zero-order chi connectivity index (χ0) is 13.8. The van der Waals surface area contributed by atoms with E-state index in [1.807, 2.05) is 13.0 Å². The summed E-state index contributed by atoms with van der Waals surface area (Å²) in [5.74, 6) is -0.289. The SMILES string of the molecule is CCc1c(C(=O)OC)nnn1Cc1cccc(O)c1. The molecule has 0 radical (unpaired) electrons. The lowest BCUT2D eigenvalue weighted by Crippen LogP contribution is -2.09. The maximum Gasteiger partial charge on any atom is 0.360 e. The number of benzene rings is 1. The van der Waals surface area contributed by atoms with Crippen LogP contribution >= 0.6 is 0 Å². The maximum atomic E-state index is 11.5. The normalized spacial score (nSPS) is 10.4. The molecule has 1 N–H and O–H groups in total. The molecule has 2 aromatic rings. The number of esters is 1. The van der Waals surface area contributed by atoms with Gasteiger partial charge in [0.1, 0.15) is 5.75 Å². The molecule has 0 unspecified atom stereocenters. The first-order chi connectivity index (χ1) is 9.15. The van der Waals surface area contributed by atoms with Crippen molar-refractivity contribution in [2.24, 2.45) is 0 Å². The largest absolute Gasteiger partial charge is 0.508 e. The zero-order valence-electron chi connectivity index (χ0n) is 10.8. The van der Waals surface area contributed by atoms with E-state index in [9.17, 15) is 9.90 Å². The summed E-state index contributed by atoms with van der Waals surface area (Å²) in [5.41, 5.74) is 1.84. The van der Waals surface area contributed by atoms with Crippen molar-refractivity contribution in [2.45, 2.75) is 19.9 Å². The van der Waals surface area contributed by atoms with Crippen molar-refractivity contribution in [3.63, 3.8) is 0 Å². The highest BCUT2D eigenvalue weighted by atomic mass is 16.5. The highest BCUT2D eigenvalue weighted by molar-refractivity contribution is 5.88. The lowest BCUT2D eigenvalue weighted by molar-refractivity contribution is 0.0592. The number of carbonyl (C=O) groups excluding carboxylic acids is 1. The molecule has 0 aliphatic heterocycles. The highest BCUT2D eigenvalue weighted by Gasteiger charge is 2.18. The lowest BCUT2D eigenvalue weighted by atomic mass is 10.2. The van der Waals surface area contributed by atoms with Crippen LogP contribution in [0.5, 0.6) is 5.75 Å². The number of aromatic hydroxyl groups is 1. The summed E-state index contributed by atoms with van der Waals surface area (Å²) < 4.78 is 6.31. The molecule has 1 heterocycles. The third kappa shape index (κ3) is 2.73. The molecule has 19 heavy (non-hydrogen) atoms. The van der Waals surface area contributed by atoms with E-state index in [1.165, 1.54) is 7.11 Å². The van der Waals surface area contributed by atoms with Gasteiger partial charge in [0.15, 0.2) is 5.69 Å². The number of phenolic OH excluding ortho intramolecular Hbond substituents is 1. The van der Waals surface area contributed by atoms with Crippen LogP contribution in [0.2, 0.25) is 0 Å². The predicted molar refractivity (Wildman–Crippen MR) is 67.9 cm³/mol. The Balaban J connectivity index is 2.30. The van der Waals surface area contributed by atoms with Crippen molar-refractivity contribution in [3.05, 3.63) is 41.2 Å². The number of carbonyl (C=O) groups is 1. The summed E-state index contributed by atoms with van der Waals surface area (Å²) in [4.78, 5) is 11.5. The third-order valence-corrected chi connectivity index (χ3v) is 2.79. The Hall–Kier alpha value is -2.37. The van der Waals surface area contributed by atoms with Gasteiger partial charge in [0, 0.05) is 0 Å². The lowest BCUT2D eigenvalue weighted by Gasteiger charge is -2.06. The van der Waals surface area contributed by atoms with Crippen LogP contribution in [-0.4, -0.2) is 33.2 Å². The van der Waals surface area contributed by atoms with Crippen LogP contribution < -0.4 is 0 Å². The molecule has 0 atom stereocenters. The number of phenols is 1. The Bertz CT molecular complexity index is 593. The van der Waals surface area contributed by atoms with E-state index >= 15 is 0 Å². The van der Waals surface area contributed by atoms with Crippen molar-refractivity contribution < 1.29 is 14.6 Å². The number of methoxy groups -OCH3 is 1. The van der Waals surface area contributed by atoms with E-state index in [4.69, 9.17) is 0 Å². The molecule has 0 aliphatic rings. The van der Waals surface area contributed by atoms with Gasteiger partial charge < -0.3 is 9.84 Å². The number of hydrogen-bond donors (Lipinski definition) is 1. The molecule has 6 nitrogen and oxygen atoms in total. The van der Waals surface area contributed by atoms with Gasteiger partial charge >= 0.3 is 5.97 Å². The number of rotatable bonds is 4. The van der Waals surface area contributed by atoms with Gasteiger partial charge in [-0.2, -0.15) is 0 Å². The van der Waals surface area contributed by atoms with Crippen LogP contribution in [0.25, 0.3) is 0 Å². The molecule has 0 spiro atoms. The van der Waals surface area contributed by atoms with Gasteiger partial charge in [0.25, 0.3) is 0 Å². The summed E-state index contributed by atoms with van der Waals surface area (Å²) in [6.07, 6.45) is 0.621. The Labute approximate surface area is 110 Å². The first-order valence-electron chi connectivity index (χ1n) is 5.94. The van der Waals surface area contributed by atoms with Gasteiger partial charge in [-0.15, -0.1) is 5.10 Å². The number of hydrogen-bond acceptors (Lipinski definition) is 5. The fourth-order valence-electron chi connectivity index (χ4n) is 1.89. The minimum Gasteiger partial charge on any atom is -0.508 e. The van der Waals surface area contributed by atoms with Crippen LogP contribution in [0.3, 0.4) is 0 Å². The topological polar surface area (TPSA) is 77.2 Å². The van der Waals surface area contributed by atoms with E-state index < -0.39 is 5.97 Å². The first kappa shape index (κ1) is 13.1. The van der Waals surface area contributed by atoms with Gasteiger partial charge in [0.05, 0.1) is 19.3 Å². The van der Waals surface area contributed by atoms with E-state index in [-0.39, 0.29) is 11.4 Å². The highest BCUT2D eigenvalue weighted by Crippen LogP contribution is 2.14. The van der Waals surface area contributed by atoms with Crippen molar-refractivity contribution in [3.8, 4) is 5.75 Å². The summed E-state index contributed by atoms with van der Waals surface area (Å²) in [5, 5.41) is 17.2. The molecule has 100 valence electrons. The monoisotopic (exact) mass is 261 g/mol. The Morgan fingerprint density at radius 2 is 2.26 bits per heavy atom. The summed E-state index contributed by atoms with van der Waals surface area (Å²) in [7, 11) is 1.32. The Kier molecular flexibility index (Phi) is 3.79. The molecule has 0 fully saturated rings. The molecule has 1 aromatic carbocycles. The van der Waals surface area contributed by atoms with Crippen molar-refractivity contribution >= 4 is 5.97 Å². The zero-order valence-corrected chi connectivity index (χ0v) is 10.8. The molecular formula is C13H15N3O3. The van der Waals surface area contributed by atoms with Gasteiger partial charge in [-0.3, -0.25) is 0 Å². The van der Waals surface area contributed by atoms with Crippen molar-refractivity contribution in [2.75, 3.05) is 7.11 Å². The number of nitrogens with zero attached hydrogens (tertiary/aromatic N) is 3.